The van der Waals surface area contributed by atoms with E-state index in [9.17, 15) is 14.0 Å². The summed E-state index contributed by atoms with van der Waals surface area (Å²) in [6.07, 6.45) is -0.289. The smallest absolute Gasteiger partial charge is 0.325 e. The first-order valence-corrected chi connectivity index (χ1v) is 5.24. The van der Waals surface area contributed by atoms with Gasteiger partial charge in [0.2, 0.25) is 5.91 Å². The summed E-state index contributed by atoms with van der Waals surface area (Å²) < 4.78 is 13.3. The zero-order valence-corrected chi connectivity index (χ0v) is 9.79. The maximum Gasteiger partial charge on any atom is 0.325 e. The third kappa shape index (κ3) is 3.71. The molecule has 1 rings (SSSR count). The molecule has 17 heavy (non-hydrogen) atoms. The quantitative estimate of drug-likeness (QED) is 0.863. The van der Waals surface area contributed by atoms with Gasteiger partial charge >= 0.3 is 5.97 Å². The van der Waals surface area contributed by atoms with Crippen LogP contribution in [-0.4, -0.2) is 23.0 Å². The van der Waals surface area contributed by atoms with Crippen LogP contribution in [0.1, 0.15) is 12.5 Å². The normalized spacial score (nSPS) is 11.9. The molecule has 6 heteroatoms. The lowest BCUT2D eigenvalue weighted by atomic mass is 10.1. The Labute approximate surface area is 102 Å². The minimum Gasteiger partial charge on any atom is -0.480 e. The van der Waals surface area contributed by atoms with Gasteiger partial charge in [-0.25, -0.2) is 4.39 Å². The van der Waals surface area contributed by atoms with Gasteiger partial charge in [-0.15, -0.1) is 0 Å². The molecule has 1 aromatic carbocycles. The maximum absolute atomic E-state index is 13.3. The van der Waals surface area contributed by atoms with Gasteiger partial charge in [0.15, 0.2) is 0 Å². The standard InChI is InChI=1S/C11H11ClFNO3/c1-6(11(16)17)14-10(15)5-7-8(12)3-2-4-9(7)13/h2-4,6H,5H2,1H3,(H,14,15)(H,16,17)/t6-/m1/s1. The Kier molecular flexibility index (Phi) is 4.45. The molecule has 1 aromatic rings. The largest absolute Gasteiger partial charge is 0.480 e. The summed E-state index contributed by atoms with van der Waals surface area (Å²) in [5.74, 6) is -2.33. The van der Waals surface area contributed by atoms with Crippen molar-refractivity contribution in [3.8, 4) is 0 Å². The third-order valence-corrected chi connectivity index (χ3v) is 2.50. The molecule has 0 spiro atoms. The lowest BCUT2D eigenvalue weighted by molar-refractivity contribution is -0.141. The van der Waals surface area contributed by atoms with Gasteiger partial charge in [-0.2, -0.15) is 0 Å². The van der Waals surface area contributed by atoms with Crippen LogP contribution in [0.5, 0.6) is 0 Å². The van der Waals surface area contributed by atoms with Crippen molar-refractivity contribution in [1.29, 1.82) is 0 Å². The Hall–Kier alpha value is -1.62. The van der Waals surface area contributed by atoms with Crippen LogP contribution in [0.4, 0.5) is 4.39 Å². The van der Waals surface area contributed by atoms with Gasteiger partial charge in [-0.3, -0.25) is 9.59 Å². The summed E-state index contributed by atoms with van der Waals surface area (Å²) in [4.78, 5) is 21.9. The van der Waals surface area contributed by atoms with Crippen LogP contribution in [0, 0.1) is 5.82 Å². The van der Waals surface area contributed by atoms with Crippen molar-refractivity contribution in [3.05, 3.63) is 34.6 Å². The van der Waals surface area contributed by atoms with Crippen LogP contribution in [0.3, 0.4) is 0 Å². The van der Waals surface area contributed by atoms with E-state index in [1.165, 1.54) is 25.1 Å². The van der Waals surface area contributed by atoms with E-state index >= 15 is 0 Å². The minimum absolute atomic E-state index is 0.0595. The number of amides is 1. The molecule has 0 bridgehead atoms. The van der Waals surface area contributed by atoms with Crippen LogP contribution >= 0.6 is 11.6 Å². The van der Waals surface area contributed by atoms with Crippen molar-refractivity contribution in [2.45, 2.75) is 19.4 Å². The van der Waals surface area contributed by atoms with Crippen LogP contribution < -0.4 is 5.32 Å². The number of hydrogen-bond donors (Lipinski definition) is 2. The first-order valence-electron chi connectivity index (χ1n) is 4.87. The monoisotopic (exact) mass is 259 g/mol. The molecule has 0 saturated carbocycles. The number of carbonyl (C=O) groups excluding carboxylic acids is 1. The van der Waals surface area contributed by atoms with Crippen molar-refractivity contribution in [2.24, 2.45) is 0 Å². The molecule has 0 aliphatic carbocycles. The van der Waals surface area contributed by atoms with Crippen LogP contribution in [0.2, 0.25) is 5.02 Å². The Morgan fingerprint density at radius 1 is 1.53 bits per heavy atom. The van der Waals surface area contributed by atoms with Crippen molar-refractivity contribution < 1.29 is 19.1 Å². The van der Waals surface area contributed by atoms with Crippen LogP contribution in [-0.2, 0) is 16.0 Å². The van der Waals surface area contributed by atoms with Crippen molar-refractivity contribution >= 4 is 23.5 Å². The number of carboxylic acid groups (broad SMARTS) is 1. The number of nitrogens with one attached hydrogen (secondary N) is 1. The fourth-order valence-corrected chi connectivity index (χ4v) is 1.45. The zero-order chi connectivity index (χ0) is 13.0. The second-order valence-electron chi connectivity index (χ2n) is 3.50. The van der Waals surface area contributed by atoms with Gasteiger partial charge in [0.05, 0.1) is 6.42 Å². The maximum atomic E-state index is 13.3. The second kappa shape index (κ2) is 5.63. The predicted molar refractivity (Wildman–Crippen MR) is 60.4 cm³/mol. The third-order valence-electron chi connectivity index (χ3n) is 2.15. The number of carboxylic acids is 1. The van der Waals surface area contributed by atoms with Gasteiger partial charge < -0.3 is 10.4 Å². The van der Waals surface area contributed by atoms with E-state index in [4.69, 9.17) is 16.7 Å². The number of aliphatic carboxylic acids is 1. The number of rotatable bonds is 4. The van der Waals surface area contributed by atoms with Gasteiger partial charge in [0.25, 0.3) is 0 Å². The van der Waals surface area contributed by atoms with E-state index in [2.05, 4.69) is 5.32 Å². The van der Waals surface area contributed by atoms with Crippen molar-refractivity contribution in [1.82, 2.24) is 5.32 Å². The second-order valence-corrected chi connectivity index (χ2v) is 3.91. The molecular weight excluding hydrogens is 249 g/mol. The number of benzene rings is 1. The number of hydrogen-bond acceptors (Lipinski definition) is 2. The molecule has 0 aromatic heterocycles. The van der Waals surface area contributed by atoms with E-state index < -0.39 is 23.7 Å². The molecule has 1 amide bonds. The molecule has 4 nitrogen and oxygen atoms in total. The summed E-state index contributed by atoms with van der Waals surface area (Å²) in [7, 11) is 0. The minimum atomic E-state index is -1.15. The molecule has 1 atom stereocenters. The first kappa shape index (κ1) is 13.4. The van der Waals surface area contributed by atoms with Gasteiger partial charge in [-0.05, 0) is 19.1 Å². The highest BCUT2D eigenvalue weighted by Gasteiger charge is 2.16. The van der Waals surface area contributed by atoms with E-state index in [0.29, 0.717) is 0 Å². The van der Waals surface area contributed by atoms with E-state index in [0.717, 1.165) is 0 Å². The summed E-state index contributed by atoms with van der Waals surface area (Å²) >= 11 is 5.74. The predicted octanol–water partition coefficient (Wildman–Crippen LogP) is 1.61. The Morgan fingerprint density at radius 2 is 2.18 bits per heavy atom. The van der Waals surface area contributed by atoms with Crippen molar-refractivity contribution in [2.75, 3.05) is 0 Å². The molecular formula is C11H11ClFNO3. The van der Waals surface area contributed by atoms with E-state index in [-0.39, 0.29) is 17.0 Å². The molecule has 0 aliphatic rings. The number of carbonyl (C=O) groups is 2. The van der Waals surface area contributed by atoms with Crippen molar-refractivity contribution in [3.63, 3.8) is 0 Å². The Bertz CT molecular complexity index is 430. The summed E-state index contributed by atoms with van der Waals surface area (Å²) in [5, 5.41) is 11.0. The lowest BCUT2D eigenvalue weighted by Gasteiger charge is -2.10. The molecule has 0 aliphatic heterocycles. The van der Waals surface area contributed by atoms with E-state index in [1.807, 2.05) is 0 Å². The Morgan fingerprint density at radius 3 is 2.71 bits per heavy atom. The lowest BCUT2D eigenvalue weighted by Crippen LogP contribution is -2.39. The van der Waals surface area contributed by atoms with E-state index in [1.54, 1.807) is 0 Å². The zero-order valence-electron chi connectivity index (χ0n) is 9.04. The Balaban J connectivity index is 2.72. The highest BCUT2D eigenvalue weighted by atomic mass is 35.5. The molecule has 0 radical (unpaired) electrons. The molecule has 92 valence electrons. The van der Waals surface area contributed by atoms with Gasteiger partial charge in [0, 0.05) is 10.6 Å². The summed E-state index contributed by atoms with van der Waals surface area (Å²) in [6, 6.07) is 3.06. The topological polar surface area (TPSA) is 66.4 Å². The molecule has 0 saturated heterocycles. The number of halogens is 2. The molecule has 0 unspecified atom stereocenters. The summed E-state index contributed by atoms with van der Waals surface area (Å²) in [5.41, 5.74) is 0.0595. The highest BCUT2D eigenvalue weighted by molar-refractivity contribution is 6.31. The van der Waals surface area contributed by atoms with Gasteiger partial charge in [0.1, 0.15) is 11.9 Å². The average Bonchev–Trinajstić information content (AvgIpc) is 2.23. The molecule has 0 fully saturated rings. The van der Waals surface area contributed by atoms with Gasteiger partial charge in [-0.1, -0.05) is 17.7 Å². The fraction of sp³-hybridized carbons (Fsp3) is 0.273. The SMILES string of the molecule is C[C@@H](NC(=O)Cc1c(F)cccc1Cl)C(=O)O. The van der Waals surface area contributed by atoms with Crippen LogP contribution in [0.25, 0.3) is 0 Å². The molecule has 0 heterocycles. The fourth-order valence-electron chi connectivity index (χ4n) is 1.22. The first-order chi connectivity index (χ1) is 7.91. The van der Waals surface area contributed by atoms with Crippen LogP contribution in [0.15, 0.2) is 18.2 Å². The molecule has 2 N–H and O–H groups in total. The summed E-state index contributed by atoms with van der Waals surface area (Å²) in [6.45, 7) is 1.32. The average molecular weight is 260 g/mol. The highest BCUT2D eigenvalue weighted by Crippen LogP contribution is 2.19.